The van der Waals surface area contributed by atoms with Gasteiger partial charge in [-0.2, -0.15) is 0 Å². The van der Waals surface area contributed by atoms with Crippen LogP contribution in [0, 0.1) is 0 Å². The molecule has 0 unspecified atom stereocenters. The lowest BCUT2D eigenvalue weighted by atomic mass is 9.89. The van der Waals surface area contributed by atoms with E-state index in [1.54, 1.807) is 12.4 Å². The average molecular weight is 282 g/mol. The second kappa shape index (κ2) is 4.93. The first kappa shape index (κ1) is 14.2. The summed E-state index contributed by atoms with van der Waals surface area (Å²) in [4.78, 5) is 8.70. The van der Waals surface area contributed by atoms with Crippen molar-refractivity contribution in [2.75, 3.05) is 0 Å². The summed E-state index contributed by atoms with van der Waals surface area (Å²) >= 11 is 0. The molecule has 108 valence electrons. The van der Waals surface area contributed by atoms with Gasteiger partial charge in [-0.25, -0.2) is 0 Å². The van der Waals surface area contributed by atoms with Gasteiger partial charge in [0.1, 0.15) is 0 Å². The molecule has 1 aliphatic heterocycles. The Bertz CT molecular complexity index is 676. The van der Waals surface area contributed by atoms with Crippen molar-refractivity contribution >= 4 is 24.2 Å². The van der Waals surface area contributed by atoms with Crippen LogP contribution in [0.15, 0.2) is 36.6 Å². The summed E-state index contributed by atoms with van der Waals surface area (Å²) in [5.41, 5.74) is 2.14. The fourth-order valence-electron chi connectivity index (χ4n) is 2.28. The summed E-state index contributed by atoms with van der Waals surface area (Å²) < 4.78 is 11.9. The second-order valence-electron chi connectivity index (χ2n) is 6.26. The monoisotopic (exact) mass is 282 g/mol. The molecular formula is C16H19BN2O2. The van der Waals surface area contributed by atoms with Gasteiger partial charge in [-0.3, -0.25) is 9.97 Å². The predicted octanol–water partition coefficient (Wildman–Crippen LogP) is 3.27. The number of fused-ring (bicyclic) bond motifs is 1. The fourth-order valence-corrected chi connectivity index (χ4v) is 2.28. The van der Waals surface area contributed by atoms with Crippen LogP contribution in [0.3, 0.4) is 0 Å². The molecule has 0 aromatic carbocycles. The summed E-state index contributed by atoms with van der Waals surface area (Å²) in [6.45, 7) is 8.18. The van der Waals surface area contributed by atoms with Gasteiger partial charge in [0.05, 0.1) is 22.2 Å². The zero-order chi connectivity index (χ0) is 15.1. The van der Waals surface area contributed by atoms with E-state index >= 15 is 0 Å². The zero-order valence-corrected chi connectivity index (χ0v) is 12.8. The van der Waals surface area contributed by atoms with E-state index in [2.05, 4.69) is 9.97 Å². The Morgan fingerprint density at radius 3 is 2.43 bits per heavy atom. The van der Waals surface area contributed by atoms with Crippen LogP contribution in [-0.4, -0.2) is 28.3 Å². The summed E-state index contributed by atoms with van der Waals surface area (Å²) in [6, 6.07) is 5.78. The number of pyridine rings is 2. The molecule has 5 heteroatoms. The van der Waals surface area contributed by atoms with Crippen LogP contribution < -0.4 is 0 Å². The van der Waals surface area contributed by atoms with E-state index in [0.717, 1.165) is 16.6 Å². The molecule has 0 atom stereocenters. The summed E-state index contributed by atoms with van der Waals surface area (Å²) in [5, 5.41) is 0. The normalized spacial score (nSPS) is 20.5. The molecule has 0 N–H and O–H groups in total. The van der Waals surface area contributed by atoms with E-state index in [9.17, 15) is 0 Å². The van der Waals surface area contributed by atoms with Crippen molar-refractivity contribution in [2.45, 2.75) is 38.9 Å². The standard InChI is InChI=1S/C16H19BN2O2/c1-15(2)16(3,4)21-17(20-15)9-7-12-8-11-18-13-6-5-10-19-14(12)13/h5-11H,1-4H3/b9-7+. The lowest BCUT2D eigenvalue weighted by Crippen LogP contribution is -2.41. The van der Waals surface area contributed by atoms with Gasteiger partial charge in [-0.1, -0.05) is 12.1 Å². The van der Waals surface area contributed by atoms with Crippen LogP contribution in [0.25, 0.3) is 17.1 Å². The molecule has 3 heterocycles. The zero-order valence-electron chi connectivity index (χ0n) is 12.8. The third-order valence-electron chi connectivity index (χ3n) is 4.23. The maximum absolute atomic E-state index is 5.95. The molecule has 0 bridgehead atoms. The molecule has 3 rings (SSSR count). The van der Waals surface area contributed by atoms with E-state index in [1.165, 1.54) is 0 Å². The Morgan fingerprint density at radius 1 is 1.00 bits per heavy atom. The molecule has 0 spiro atoms. The first-order valence-corrected chi connectivity index (χ1v) is 7.13. The summed E-state index contributed by atoms with van der Waals surface area (Å²) in [6.07, 6.45) is 5.54. The minimum absolute atomic E-state index is 0.319. The van der Waals surface area contributed by atoms with Crippen molar-refractivity contribution in [3.63, 3.8) is 0 Å². The molecular weight excluding hydrogens is 263 g/mol. The molecule has 1 aliphatic rings. The number of aromatic nitrogens is 2. The van der Waals surface area contributed by atoms with Crippen LogP contribution in [0.4, 0.5) is 0 Å². The third-order valence-corrected chi connectivity index (χ3v) is 4.23. The van der Waals surface area contributed by atoms with Crippen LogP contribution in [0.5, 0.6) is 0 Å². The maximum atomic E-state index is 5.95. The van der Waals surface area contributed by atoms with Crippen LogP contribution in [-0.2, 0) is 9.31 Å². The Balaban J connectivity index is 1.87. The number of nitrogens with zero attached hydrogens (tertiary/aromatic N) is 2. The van der Waals surface area contributed by atoms with Gasteiger partial charge in [0.25, 0.3) is 0 Å². The fraction of sp³-hybridized carbons (Fsp3) is 0.375. The van der Waals surface area contributed by atoms with Crippen LogP contribution >= 0.6 is 0 Å². The third kappa shape index (κ3) is 2.59. The largest absolute Gasteiger partial charge is 0.487 e. The highest BCUT2D eigenvalue weighted by Crippen LogP contribution is 2.37. The van der Waals surface area contributed by atoms with E-state index < -0.39 is 0 Å². The molecule has 1 fully saturated rings. The Morgan fingerprint density at radius 2 is 1.71 bits per heavy atom. The van der Waals surface area contributed by atoms with E-state index in [4.69, 9.17) is 9.31 Å². The smallest absolute Gasteiger partial charge is 0.400 e. The molecule has 0 aliphatic carbocycles. The highest BCUT2D eigenvalue weighted by atomic mass is 16.7. The molecule has 1 saturated heterocycles. The summed E-state index contributed by atoms with van der Waals surface area (Å²) in [5.74, 6) is 1.93. The number of hydrogen-bond donors (Lipinski definition) is 0. The van der Waals surface area contributed by atoms with Gasteiger partial charge in [0.15, 0.2) is 0 Å². The first-order valence-electron chi connectivity index (χ1n) is 7.13. The van der Waals surface area contributed by atoms with Crippen LogP contribution in [0.1, 0.15) is 33.3 Å². The number of hydrogen-bond acceptors (Lipinski definition) is 4. The van der Waals surface area contributed by atoms with Gasteiger partial charge < -0.3 is 9.31 Å². The minimum atomic E-state index is -0.345. The van der Waals surface area contributed by atoms with Crippen molar-refractivity contribution in [1.82, 2.24) is 9.97 Å². The van der Waals surface area contributed by atoms with Crippen molar-refractivity contribution in [3.8, 4) is 0 Å². The van der Waals surface area contributed by atoms with Crippen molar-refractivity contribution in [3.05, 3.63) is 42.1 Å². The van der Waals surface area contributed by atoms with Gasteiger partial charge in [0, 0.05) is 18.0 Å². The minimum Gasteiger partial charge on any atom is -0.400 e. The quantitative estimate of drug-likeness (QED) is 0.793. The van der Waals surface area contributed by atoms with Gasteiger partial charge in [0.2, 0.25) is 0 Å². The maximum Gasteiger partial charge on any atom is 0.487 e. The SMILES string of the molecule is CC1(C)OB(/C=C/c2ccnc3cccnc23)OC1(C)C. The highest BCUT2D eigenvalue weighted by Gasteiger charge is 2.49. The van der Waals surface area contributed by atoms with Crippen LogP contribution in [0.2, 0.25) is 0 Å². The molecule has 21 heavy (non-hydrogen) atoms. The Labute approximate surface area is 125 Å². The molecule has 0 saturated carbocycles. The Hall–Kier alpha value is -1.72. The van der Waals surface area contributed by atoms with Gasteiger partial charge >= 0.3 is 7.12 Å². The lowest BCUT2D eigenvalue weighted by Gasteiger charge is -2.32. The molecule has 2 aromatic rings. The molecule has 0 radical (unpaired) electrons. The van der Waals surface area contributed by atoms with Crippen molar-refractivity contribution in [2.24, 2.45) is 0 Å². The second-order valence-corrected chi connectivity index (χ2v) is 6.26. The van der Waals surface area contributed by atoms with Crippen molar-refractivity contribution in [1.29, 1.82) is 0 Å². The predicted molar refractivity (Wildman–Crippen MR) is 84.7 cm³/mol. The highest BCUT2D eigenvalue weighted by molar-refractivity contribution is 6.52. The average Bonchev–Trinajstić information content (AvgIpc) is 2.64. The molecule has 4 nitrogen and oxygen atoms in total. The van der Waals surface area contributed by atoms with Gasteiger partial charge in [-0.15, -0.1) is 0 Å². The topological polar surface area (TPSA) is 44.2 Å². The van der Waals surface area contributed by atoms with Crippen molar-refractivity contribution < 1.29 is 9.31 Å². The molecule has 0 amide bonds. The van der Waals surface area contributed by atoms with Gasteiger partial charge in [-0.05, 0) is 45.9 Å². The molecule has 2 aromatic heterocycles. The van der Waals surface area contributed by atoms with E-state index in [1.807, 2.05) is 57.9 Å². The summed E-state index contributed by atoms with van der Waals surface area (Å²) in [7, 11) is -0.345. The Kier molecular flexibility index (Phi) is 3.34. The van der Waals surface area contributed by atoms with E-state index in [0.29, 0.717) is 0 Å². The lowest BCUT2D eigenvalue weighted by molar-refractivity contribution is 0.00578. The number of rotatable bonds is 2. The van der Waals surface area contributed by atoms with E-state index in [-0.39, 0.29) is 18.3 Å². The first-order chi connectivity index (χ1) is 9.89.